The maximum Gasteiger partial charge on any atom is 0.252 e. The summed E-state index contributed by atoms with van der Waals surface area (Å²) in [6.07, 6.45) is 0. The van der Waals surface area contributed by atoms with Gasteiger partial charge in [0.15, 0.2) is 0 Å². The minimum atomic E-state index is -0.482. The summed E-state index contributed by atoms with van der Waals surface area (Å²) in [5, 5.41) is 14.1. The van der Waals surface area contributed by atoms with Gasteiger partial charge in [-0.15, -0.1) is 11.3 Å². The van der Waals surface area contributed by atoms with Gasteiger partial charge in [0.25, 0.3) is 5.91 Å². The van der Waals surface area contributed by atoms with Crippen LogP contribution in [0.25, 0.3) is 0 Å². The number of amides is 1. The van der Waals surface area contributed by atoms with E-state index in [0.717, 1.165) is 10.7 Å². The summed E-state index contributed by atoms with van der Waals surface area (Å²) in [7, 11) is 0. The molecule has 1 amide bonds. The van der Waals surface area contributed by atoms with Crippen LogP contribution in [0.3, 0.4) is 0 Å². The summed E-state index contributed by atoms with van der Waals surface area (Å²) in [5.74, 6) is 4.15. The molecule has 108 valence electrons. The number of rotatable bonds is 3. The molecular formula is C15H13FN2O2S. The van der Waals surface area contributed by atoms with Crippen LogP contribution in [0.2, 0.25) is 0 Å². The first-order chi connectivity index (χ1) is 10.1. The Morgan fingerprint density at radius 2 is 2.33 bits per heavy atom. The lowest BCUT2D eigenvalue weighted by molar-refractivity contribution is 0.0950. The highest BCUT2D eigenvalue weighted by molar-refractivity contribution is 7.09. The zero-order chi connectivity index (χ0) is 15.2. The minimum Gasteiger partial charge on any atom is -0.384 e. The topological polar surface area (TPSA) is 62.2 Å². The van der Waals surface area contributed by atoms with Crippen molar-refractivity contribution < 1.29 is 14.3 Å². The summed E-state index contributed by atoms with van der Waals surface area (Å²) in [6.45, 7) is 1.84. The van der Waals surface area contributed by atoms with Crippen LogP contribution in [0.4, 0.5) is 4.39 Å². The van der Waals surface area contributed by atoms with E-state index < -0.39 is 5.82 Å². The van der Waals surface area contributed by atoms with Gasteiger partial charge in [-0.3, -0.25) is 4.79 Å². The van der Waals surface area contributed by atoms with Crippen LogP contribution in [-0.2, 0) is 6.54 Å². The zero-order valence-corrected chi connectivity index (χ0v) is 12.1. The Bertz CT molecular complexity index is 716. The molecule has 2 N–H and O–H groups in total. The number of hydrogen-bond donors (Lipinski definition) is 2. The molecule has 1 aromatic heterocycles. The molecule has 0 aliphatic rings. The van der Waals surface area contributed by atoms with Crippen LogP contribution in [0.15, 0.2) is 23.6 Å². The summed E-state index contributed by atoms with van der Waals surface area (Å²) in [4.78, 5) is 16.4. The standard InChI is InChI=1S/C15H13FN2O2S/c1-10-9-21-14(18-10)8-17-15(20)13-5-4-12(16)7-11(13)3-2-6-19/h4-5,7,9,19H,6,8H2,1H3,(H,17,20). The van der Waals surface area contributed by atoms with Crippen molar-refractivity contribution in [2.75, 3.05) is 6.61 Å². The second-order valence-corrected chi connectivity index (χ2v) is 5.16. The fraction of sp³-hybridized carbons (Fsp3) is 0.200. The van der Waals surface area contributed by atoms with Crippen LogP contribution in [0.1, 0.15) is 26.6 Å². The first-order valence-corrected chi connectivity index (χ1v) is 7.06. The number of carbonyl (C=O) groups excluding carboxylic acids is 1. The molecule has 21 heavy (non-hydrogen) atoms. The monoisotopic (exact) mass is 304 g/mol. The van der Waals surface area contributed by atoms with Crippen LogP contribution >= 0.6 is 11.3 Å². The van der Waals surface area contributed by atoms with Crippen molar-refractivity contribution in [1.29, 1.82) is 0 Å². The maximum absolute atomic E-state index is 13.2. The number of aliphatic hydroxyl groups is 1. The predicted molar refractivity (Wildman–Crippen MR) is 78.4 cm³/mol. The van der Waals surface area contributed by atoms with E-state index in [2.05, 4.69) is 22.1 Å². The molecule has 0 radical (unpaired) electrons. The number of hydrogen-bond acceptors (Lipinski definition) is 4. The molecule has 0 spiro atoms. The molecule has 1 heterocycles. The molecule has 0 unspecified atom stereocenters. The SMILES string of the molecule is Cc1csc(CNC(=O)c2ccc(F)cc2C#CCO)n1. The average Bonchev–Trinajstić information content (AvgIpc) is 2.88. The van der Waals surface area contributed by atoms with Gasteiger partial charge in [0.1, 0.15) is 17.4 Å². The third-order valence-corrected chi connectivity index (χ3v) is 3.56. The Hall–Kier alpha value is -2.23. The van der Waals surface area contributed by atoms with Crippen molar-refractivity contribution >= 4 is 17.2 Å². The normalized spacial score (nSPS) is 9.86. The van der Waals surface area contributed by atoms with Crippen molar-refractivity contribution in [2.24, 2.45) is 0 Å². The molecule has 0 saturated carbocycles. The third-order valence-electron chi connectivity index (χ3n) is 2.60. The van der Waals surface area contributed by atoms with Gasteiger partial charge >= 0.3 is 0 Å². The van der Waals surface area contributed by atoms with Gasteiger partial charge in [0.2, 0.25) is 0 Å². The summed E-state index contributed by atoms with van der Waals surface area (Å²) < 4.78 is 13.2. The second kappa shape index (κ2) is 6.97. The Labute approximate surface area is 125 Å². The fourth-order valence-electron chi connectivity index (χ4n) is 1.69. The van der Waals surface area contributed by atoms with E-state index >= 15 is 0 Å². The van der Waals surface area contributed by atoms with Gasteiger partial charge in [0.05, 0.1) is 12.1 Å². The molecule has 2 aromatic rings. The van der Waals surface area contributed by atoms with Crippen molar-refractivity contribution in [2.45, 2.75) is 13.5 Å². The highest BCUT2D eigenvalue weighted by Gasteiger charge is 2.11. The van der Waals surface area contributed by atoms with E-state index in [1.807, 2.05) is 12.3 Å². The van der Waals surface area contributed by atoms with E-state index in [1.54, 1.807) is 0 Å². The van der Waals surface area contributed by atoms with Crippen LogP contribution < -0.4 is 5.32 Å². The molecule has 0 bridgehead atoms. The Kier molecular flexibility index (Phi) is 5.04. The number of aryl methyl sites for hydroxylation is 1. The van der Waals surface area contributed by atoms with Crippen molar-refractivity contribution in [3.8, 4) is 11.8 Å². The van der Waals surface area contributed by atoms with E-state index in [1.165, 1.54) is 29.5 Å². The number of benzene rings is 1. The molecule has 0 aliphatic carbocycles. The molecule has 0 fully saturated rings. The first-order valence-electron chi connectivity index (χ1n) is 6.18. The van der Waals surface area contributed by atoms with Gasteiger partial charge in [0, 0.05) is 16.6 Å². The van der Waals surface area contributed by atoms with Crippen molar-refractivity contribution in [1.82, 2.24) is 10.3 Å². The number of aromatic nitrogens is 1. The first kappa shape index (κ1) is 15.2. The Morgan fingerprint density at radius 1 is 1.52 bits per heavy atom. The summed E-state index contributed by atoms with van der Waals surface area (Å²) in [5.41, 5.74) is 1.42. The Morgan fingerprint density at radius 3 is 3.00 bits per heavy atom. The molecule has 1 aromatic carbocycles. The zero-order valence-electron chi connectivity index (χ0n) is 11.3. The number of aliphatic hydroxyl groups excluding tert-OH is 1. The van der Waals surface area contributed by atoms with Gasteiger partial charge in [-0.05, 0) is 25.1 Å². The third kappa shape index (κ3) is 4.12. The quantitative estimate of drug-likeness (QED) is 0.851. The lowest BCUT2D eigenvalue weighted by Gasteiger charge is -2.06. The van der Waals surface area contributed by atoms with Gasteiger partial charge in [-0.2, -0.15) is 0 Å². The molecule has 2 rings (SSSR count). The van der Waals surface area contributed by atoms with E-state index in [-0.39, 0.29) is 23.6 Å². The summed E-state index contributed by atoms with van der Waals surface area (Å²) >= 11 is 1.46. The average molecular weight is 304 g/mol. The lowest BCUT2D eigenvalue weighted by atomic mass is 10.1. The Balaban J connectivity index is 2.14. The van der Waals surface area contributed by atoms with Gasteiger partial charge in [-0.1, -0.05) is 11.8 Å². The summed E-state index contributed by atoms with van der Waals surface area (Å²) in [6, 6.07) is 3.75. The van der Waals surface area contributed by atoms with Gasteiger partial charge < -0.3 is 10.4 Å². The van der Waals surface area contributed by atoms with Crippen molar-refractivity contribution in [3.63, 3.8) is 0 Å². The highest BCUT2D eigenvalue weighted by Crippen LogP contribution is 2.12. The van der Waals surface area contributed by atoms with Crippen LogP contribution in [0, 0.1) is 24.6 Å². The fourth-order valence-corrected chi connectivity index (χ4v) is 2.40. The number of carbonyl (C=O) groups is 1. The molecule has 6 heteroatoms. The van der Waals surface area contributed by atoms with E-state index in [4.69, 9.17) is 5.11 Å². The maximum atomic E-state index is 13.2. The largest absolute Gasteiger partial charge is 0.384 e. The molecule has 0 atom stereocenters. The van der Waals surface area contributed by atoms with Crippen LogP contribution in [-0.4, -0.2) is 22.6 Å². The van der Waals surface area contributed by atoms with E-state index in [0.29, 0.717) is 6.54 Å². The van der Waals surface area contributed by atoms with Crippen LogP contribution in [0.5, 0.6) is 0 Å². The van der Waals surface area contributed by atoms with E-state index in [9.17, 15) is 9.18 Å². The smallest absolute Gasteiger partial charge is 0.252 e. The minimum absolute atomic E-state index is 0.247. The predicted octanol–water partition coefficient (Wildman–Crippen LogP) is 1.86. The molecule has 0 saturated heterocycles. The molecule has 4 nitrogen and oxygen atoms in total. The number of nitrogens with one attached hydrogen (secondary N) is 1. The highest BCUT2D eigenvalue weighted by atomic mass is 32.1. The van der Waals surface area contributed by atoms with Crippen molar-refractivity contribution in [3.05, 3.63) is 51.2 Å². The second-order valence-electron chi connectivity index (χ2n) is 4.22. The number of halogens is 1. The lowest BCUT2D eigenvalue weighted by Crippen LogP contribution is -2.23. The number of nitrogens with zero attached hydrogens (tertiary/aromatic N) is 1. The number of thiazole rings is 1. The van der Waals surface area contributed by atoms with Gasteiger partial charge in [-0.25, -0.2) is 9.37 Å². The molecular weight excluding hydrogens is 291 g/mol. The molecule has 0 aliphatic heterocycles.